The van der Waals surface area contributed by atoms with Gasteiger partial charge in [-0.15, -0.1) is 11.8 Å². The van der Waals surface area contributed by atoms with Crippen LogP contribution in [-0.4, -0.2) is 37.0 Å². The second-order valence-corrected chi connectivity index (χ2v) is 6.45. The van der Waals surface area contributed by atoms with Gasteiger partial charge in [0.25, 0.3) is 0 Å². The monoisotopic (exact) mass is 376 g/mol. The molecule has 0 aliphatic carbocycles. The van der Waals surface area contributed by atoms with Crippen LogP contribution in [0.4, 0.5) is 10.1 Å². The summed E-state index contributed by atoms with van der Waals surface area (Å²) in [6.45, 7) is 0.502. The van der Waals surface area contributed by atoms with Crippen LogP contribution in [0.5, 0.6) is 5.75 Å². The molecule has 0 aliphatic rings. The normalized spacial score (nSPS) is 10.2. The highest BCUT2D eigenvalue weighted by Gasteiger charge is 2.07. The summed E-state index contributed by atoms with van der Waals surface area (Å²) >= 11 is 1.22. The number of halogens is 1. The summed E-state index contributed by atoms with van der Waals surface area (Å²) in [7, 11) is 1.62. The number of carbonyl (C=O) groups excluding carboxylic acids is 2. The van der Waals surface area contributed by atoms with E-state index in [0.717, 1.165) is 11.3 Å². The van der Waals surface area contributed by atoms with Crippen molar-refractivity contribution in [2.45, 2.75) is 6.42 Å². The third-order valence-corrected chi connectivity index (χ3v) is 4.44. The number of thioether (sulfide) groups is 1. The molecule has 0 bridgehead atoms. The summed E-state index contributed by atoms with van der Waals surface area (Å²) < 4.78 is 18.1. The number of hydrogen-bond acceptors (Lipinski definition) is 4. The van der Waals surface area contributed by atoms with Gasteiger partial charge in [0.2, 0.25) is 11.8 Å². The average Bonchev–Trinajstić information content (AvgIpc) is 2.64. The van der Waals surface area contributed by atoms with Gasteiger partial charge in [0, 0.05) is 12.2 Å². The van der Waals surface area contributed by atoms with Gasteiger partial charge in [0.15, 0.2) is 0 Å². The third-order valence-electron chi connectivity index (χ3n) is 3.50. The predicted octanol–water partition coefficient (Wildman–Crippen LogP) is 2.86. The first kappa shape index (κ1) is 19.8. The van der Waals surface area contributed by atoms with E-state index in [-0.39, 0.29) is 29.1 Å². The molecule has 0 atom stereocenters. The highest BCUT2D eigenvalue weighted by molar-refractivity contribution is 8.00. The van der Waals surface area contributed by atoms with Crippen molar-refractivity contribution in [3.05, 3.63) is 59.9 Å². The summed E-state index contributed by atoms with van der Waals surface area (Å²) in [6, 6.07) is 13.2. The van der Waals surface area contributed by atoms with Crippen LogP contribution in [-0.2, 0) is 16.0 Å². The molecule has 138 valence electrons. The van der Waals surface area contributed by atoms with E-state index in [0.29, 0.717) is 18.7 Å². The summed E-state index contributed by atoms with van der Waals surface area (Å²) in [5, 5.41) is 5.47. The van der Waals surface area contributed by atoms with Gasteiger partial charge in [-0.3, -0.25) is 9.59 Å². The number of rotatable bonds is 9. The maximum Gasteiger partial charge on any atom is 0.234 e. The van der Waals surface area contributed by atoms with Crippen molar-refractivity contribution >= 4 is 29.3 Å². The van der Waals surface area contributed by atoms with Crippen molar-refractivity contribution in [3.63, 3.8) is 0 Å². The minimum Gasteiger partial charge on any atom is -0.496 e. The maximum atomic E-state index is 12.8. The van der Waals surface area contributed by atoms with E-state index in [9.17, 15) is 14.0 Å². The summed E-state index contributed by atoms with van der Waals surface area (Å²) in [5.41, 5.74) is 1.56. The van der Waals surface area contributed by atoms with Crippen LogP contribution in [0.15, 0.2) is 48.5 Å². The molecular formula is C19H21FN2O3S. The van der Waals surface area contributed by atoms with Crippen LogP contribution in [0.1, 0.15) is 5.56 Å². The molecule has 0 unspecified atom stereocenters. The van der Waals surface area contributed by atoms with Gasteiger partial charge in [0.1, 0.15) is 11.6 Å². The predicted molar refractivity (Wildman–Crippen MR) is 102 cm³/mol. The van der Waals surface area contributed by atoms with Gasteiger partial charge < -0.3 is 15.4 Å². The highest BCUT2D eigenvalue weighted by Crippen LogP contribution is 2.17. The van der Waals surface area contributed by atoms with Crippen molar-refractivity contribution in [1.29, 1.82) is 0 Å². The number of methoxy groups -OCH3 is 1. The van der Waals surface area contributed by atoms with Crippen molar-refractivity contribution < 1.29 is 18.7 Å². The van der Waals surface area contributed by atoms with Gasteiger partial charge in [-0.05, 0) is 42.3 Å². The second-order valence-electron chi connectivity index (χ2n) is 5.46. The molecule has 0 saturated heterocycles. The van der Waals surface area contributed by atoms with Crippen LogP contribution in [0.2, 0.25) is 0 Å². The van der Waals surface area contributed by atoms with Gasteiger partial charge in [0.05, 0.1) is 18.6 Å². The first-order chi connectivity index (χ1) is 12.6. The lowest BCUT2D eigenvalue weighted by Crippen LogP contribution is -2.28. The Morgan fingerprint density at radius 3 is 2.46 bits per heavy atom. The zero-order valence-corrected chi connectivity index (χ0v) is 15.3. The molecule has 7 heteroatoms. The Labute approximate surface area is 156 Å². The van der Waals surface area contributed by atoms with Crippen molar-refractivity contribution in [1.82, 2.24) is 5.32 Å². The molecule has 0 saturated carbocycles. The Balaban J connectivity index is 1.62. The van der Waals surface area contributed by atoms with Crippen LogP contribution in [0.3, 0.4) is 0 Å². The van der Waals surface area contributed by atoms with Crippen molar-refractivity contribution in [2.75, 3.05) is 30.5 Å². The third kappa shape index (κ3) is 6.76. The molecular weight excluding hydrogens is 355 g/mol. The van der Waals surface area contributed by atoms with Gasteiger partial charge >= 0.3 is 0 Å². The number of amides is 2. The minimum atomic E-state index is -0.359. The molecule has 0 fully saturated rings. The topological polar surface area (TPSA) is 67.4 Å². The lowest BCUT2D eigenvalue weighted by molar-refractivity contribution is -0.118. The summed E-state index contributed by atoms with van der Waals surface area (Å²) in [6.07, 6.45) is 0.672. The minimum absolute atomic E-state index is 0.125. The fourth-order valence-corrected chi connectivity index (χ4v) is 2.91. The van der Waals surface area contributed by atoms with E-state index in [4.69, 9.17) is 4.74 Å². The Kier molecular flexibility index (Phi) is 7.95. The van der Waals surface area contributed by atoms with Crippen LogP contribution in [0, 0.1) is 5.82 Å². The van der Waals surface area contributed by atoms with Crippen molar-refractivity contribution in [3.8, 4) is 5.75 Å². The number of ether oxygens (including phenoxy) is 1. The number of hydrogen-bond donors (Lipinski definition) is 2. The van der Waals surface area contributed by atoms with Crippen LogP contribution in [0.25, 0.3) is 0 Å². The second kappa shape index (κ2) is 10.5. The smallest absolute Gasteiger partial charge is 0.234 e. The SMILES string of the molecule is COc1ccccc1CCNC(=O)CSCC(=O)Nc1ccc(F)cc1. The van der Waals surface area contributed by atoms with Gasteiger partial charge in [-0.1, -0.05) is 18.2 Å². The fraction of sp³-hybridized carbons (Fsp3) is 0.263. The maximum absolute atomic E-state index is 12.8. The lowest BCUT2D eigenvalue weighted by Gasteiger charge is -2.09. The average molecular weight is 376 g/mol. The zero-order chi connectivity index (χ0) is 18.8. The number of anilines is 1. The molecule has 0 aliphatic heterocycles. The van der Waals surface area contributed by atoms with E-state index in [1.165, 1.54) is 36.0 Å². The summed E-state index contributed by atoms with van der Waals surface area (Å²) in [5.74, 6) is 0.429. The van der Waals surface area contributed by atoms with Gasteiger partial charge in [-0.2, -0.15) is 0 Å². The first-order valence-corrected chi connectivity index (χ1v) is 9.25. The Morgan fingerprint density at radius 2 is 1.73 bits per heavy atom. The Bertz CT molecular complexity index is 738. The zero-order valence-electron chi connectivity index (χ0n) is 14.5. The Morgan fingerprint density at radius 1 is 1.04 bits per heavy atom. The standard InChI is InChI=1S/C19H21FN2O3S/c1-25-17-5-3-2-4-14(17)10-11-21-18(23)12-26-13-19(24)22-16-8-6-15(20)7-9-16/h2-9H,10-13H2,1H3,(H,21,23)(H,22,24). The van der Waals surface area contributed by atoms with E-state index >= 15 is 0 Å². The largest absolute Gasteiger partial charge is 0.496 e. The molecule has 2 aromatic carbocycles. The van der Waals surface area contributed by atoms with Crippen molar-refractivity contribution in [2.24, 2.45) is 0 Å². The number of para-hydroxylation sites is 1. The van der Waals surface area contributed by atoms with E-state index in [1.807, 2.05) is 24.3 Å². The molecule has 2 N–H and O–H groups in total. The molecule has 0 radical (unpaired) electrons. The van der Waals surface area contributed by atoms with Crippen LogP contribution >= 0.6 is 11.8 Å². The lowest BCUT2D eigenvalue weighted by atomic mass is 10.1. The summed E-state index contributed by atoms with van der Waals surface area (Å²) in [4.78, 5) is 23.6. The molecule has 2 aromatic rings. The molecule has 5 nitrogen and oxygen atoms in total. The number of benzene rings is 2. The van der Waals surface area contributed by atoms with E-state index in [1.54, 1.807) is 7.11 Å². The van der Waals surface area contributed by atoms with Gasteiger partial charge in [-0.25, -0.2) is 4.39 Å². The number of nitrogens with one attached hydrogen (secondary N) is 2. The van der Waals surface area contributed by atoms with E-state index in [2.05, 4.69) is 10.6 Å². The fourth-order valence-electron chi connectivity index (χ4n) is 2.26. The molecule has 2 amide bonds. The first-order valence-electron chi connectivity index (χ1n) is 8.10. The van der Waals surface area contributed by atoms with Crippen LogP contribution < -0.4 is 15.4 Å². The number of carbonyl (C=O) groups is 2. The molecule has 26 heavy (non-hydrogen) atoms. The molecule has 0 spiro atoms. The molecule has 0 aromatic heterocycles. The Hall–Kier alpha value is -2.54. The highest BCUT2D eigenvalue weighted by atomic mass is 32.2. The quantitative estimate of drug-likeness (QED) is 0.706. The van der Waals surface area contributed by atoms with E-state index < -0.39 is 0 Å². The molecule has 0 heterocycles. The molecule has 2 rings (SSSR count).